The number of phenolic OH excluding ortho intramolecular Hbond substituents is 1. The predicted molar refractivity (Wildman–Crippen MR) is 219 cm³/mol. The molecule has 0 saturated heterocycles. The van der Waals surface area contributed by atoms with Gasteiger partial charge in [0.1, 0.15) is 11.3 Å². The second-order valence-corrected chi connectivity index (χ2v) is 17.3. The van der Waals surface area contributed by atoms with Crippen LogP contribution < -0.4 is 0 Å². The molecule has 0 radical (unpaired) electrons. The molecule has 0 aliphatic heterocycles. The zero-order chi connectivity index (χ0) is 37.7. The number of rotatable bonds is 6. The number of aromatic nitrogens is 2. The normalized spacial score (nSPS) is 12.2. The molecule has 0 spiro atoms. The van der Waals surface area contributed by atoms with Gasteiger partial charge in [0.15, 0.2) is 0 Å². The molecule has 1 N–H and O–H groups in total. The summed E-state index contributed by atoms with van der Waals surface area (Å²) >= 11 is 0. The quantitative estimate of drug-likeness (QED) is 0.169. The topological polar surface area (TPSA) is 59.2 Å². The number of oxazole rings is 1. The van der Waals surface area contributed by atoms with E-state index in [1.54, 1.807) is 0 Å². The van der Waals surface area contributed by atoms with Crippen molar-refractivity contribution in [2.24, 2.45) is 0 Å². The maximum atomic E-state index is 11.7. The maximum Gasteiger partial charge on any atom is 0.230 e. The summed E-state index contributed by atoms with van der Waals surface area (Å²) in [5.74, 6) is 0.607. The summed E-state index contributed by atoms with van der Waals surface area (Å²) in [7, 11) is 0. The Morgan fingerprint density at radius 3 is 1.91 bits per heavy atom. The van der Waals surface area contributed by atoms with E-state index < -0.39 is 0 Å². The fourth-order valence-corrected chi connectivity index (χ4v) is 6.84. The van der Waals surface area contributed by atoms with E-state index in [1.165, 1.54) is 16.7 Å². The van der Waals surface area contributed by atoms with Crippen molar-refractivity contribution in [3.63, 3.8) is 0 Å². The van der Waals surface area contributed by atoms with Crippen molar-refractivity contribution in [2.75, 3.05) is 0 Å². The minimum atomic E-state index is -0.274. The molecule has 5 aromatic carbocycles. The van der Waals surface area contributed by atoms with Crippen LogP contribution >= 0.6 is 0 Å². The molecule has 0 unspecified atom stereocenters. The third-order valence-corrected chi connectivity index (χ3v) is 10.0. The molecule has 0 aliphatic rings. The summed E-state index contributed by atoms with van der Waals surface area (Å²) in [6, 6.07) is 41.7. The number of fused-ring (bicyclic) bond motifs is 1. The minimum absolute atomic E-state index is 0. The number of hydrogen-bond donors (Lipinski definition) is 1. The van der Waals surface area contributed by atoms with E-state index in [0.29, 0.717) is 17.0 Å². The summed E-state index contributed by atoms with van der Waals surface area (Å²) in [6.45, 7) is 19.6. The Hall–Kier alpha value is -4.79. The molecule has 0 saturated carbocycles. The minimum Gasteiger partial charge on any atom is -0.507 e. The van der Waals surface area contributed by atoms with Crippen LogP contribution in [0.1, 0.15) is 90.1 Å². The van der Waals surface area contributed by atoms with Crippen molar-refractivity contribution in [3.8, 4) is 50.7 Å². The van der Waals surface area contributed by atoms with E-state index >= 15 is 0 Å². The van der Waals surface area contributed by atoms with Gasteiger partial charge in [0.25, 0.3) is 0 Å². The van der Waals surface area contributed by atoms with Crippen LogP contribution in [-0.4, -0.2) is 15.1 Å². The number of phenols is 1. The number of aromatic hydroxyl groups is 1. The first-order chi connectivity index (χ1) is 25.1. The molecule has 2 heterocycles. The van der Waals surface area contributed by atoms with E-state index in [1.807, 2.05) is 24.4 Å². The van der Waals surface area contributed by atoms with Crippen molar-refractivity contribution >= 4 is 11.1 Å². The molecule has 0 atom stereocenters. The number of nitrogens with zero attached hydrogens (tertiary/aromatic N) is 2. The molecule has 0 fully saturated rings. The predicted octanol–water partition coefficient (Wildman–Crippen LogP) is 12.9. The number of para-hydroxylation sites is 1. The van der Waals surface area contributed by atoms with Gasteiger partial charge in [0.2, 0.25) is 5.89 Å². The van der Waals surface area contributed by atoms with E-state index in [4.69, 9.17) is 14.4 Å². The summed E-state index contributed by atoms with van der Waals surface area (Å²) in [5, 5.41) is 11.7. The van der Waals surface area contributed by atoms with E-state index in [-0.39, 0.29) is 43.1 Å². The maximum absolute atomic E-state index is 11.7. The van der Waals surface area contributed by atoms with Crippen molar-refractivity contribution in [1.29, 1.82) is 0 Å². The molecule has 4 nitrogen and oxygen atoms in total. The van der Waals surface area contributed by atoms with Gasteiger partial charge >= 0.3 is 0 Å². The third-order valence-electron chi connectivity index (χ3n) is 10.0. The first-order valence-electron chi connectivity index (χ1n) is 18.5. The molecule has 0 aliphatic carbocycles. The number of hydrogen-bond acceptors (Lipinski definition) is 4. The first kappa shape index (κ1) is 38.9. The SMILES string of the molecule is CC(C)(C)c1cc(-c2cc(-c3ccccc3)c(Cc3ccccc3)cn2)[c-]c(-c2cccc3oc(-c4cc(C(C)(C)C)cc(C(C)(C)C)c4O)nc23)c1.[Pt]. The van der Waals surface area contributed by atoms with Crippen molar-refractivity contribution < 1.29 is 30.6 Å². The van der Waals surface area contributed by atoms with E-state index in [2.05, 4.69) is 159 Å². The van der Waals surface area contributed by atoms with Crippen LogP contribution in [0.2, 0.25) is 0 Å². The van der Waals surface area contributed by atoms with Crippen LogP contribution in [0.5, 0.6) is 5.75 Å². The molecule has 2 aromatic heterocycles. The average molecular weight is 893 g/mol. The van der Waals surface area contributed by atoms with Crippen LogP contribution in [0.25, 0.3) is 56.1 Å². The molecular formula is C49H49N2O2Pt-. The Labute approximate surface area is 335 Å². The van der Waals surface area contributed by atoms with Crippen molar-refractivity contribution in [3.05, 3.63) is 149 Å². The van der Waals surface area contributed by atoms with Crippen LogP contribution in [0, 0.1) is 6.07 Å². The largest absolute Gasteiger partial charge is 0.507 e. The van der Waals surface area contributed by atoms with Gasteiger partial charge in [-0.2, -0.15) is 0 Å². The average Bonchev–Trinajstić information content (AvgIpc) is 3.56. The molecule has 5 heteroatoms. The second kappa shape index (κ2) is 14.8. The summed E-state index contributed by atoms with van der Waals surface area (Å²) in [4.78, 5) is 10.2. The first-order valence-corrected chi connectivity index (χ1v) is 18.5. The van der Waals surface area contributed by atoms with E-state index in [0.717, 1.165) is 56.6 Å². The Morgan fingerprint density at radius 2 is 1.26 bits per heavy atom. The van der Waals surface area contributed by atoms with Gasteiger partial charge in [0, 0.05) is 38.5 Å². The fourth-order valence-electron chi connectivity index (χ4n) is 6.84. The Bertz CT molecular complexity index is 2430. The van der Waals surface area contributed by atoms with Crippen LogP contribution in [0.4, 0.5) is 0 Å². The molecule has 0 amide bonds. The third kappa shape index (κ3) is 8.01. The fraction of sp³-hybridized carbons (Fsp3) is 0.265. The van der Waals surface area contributed by atoms with E-state index in [9.17, 15) is 5.11 Å². The standard InChI is InChI=1S/C49H49N2O2.Pt/c1-47(2,3)36-25-33(24-34(26-36)42-29-39(32-19-14-11-15-20-32)35(30-50-42)23-31-17-12-10-13-18-31)38-21-16-22-43-44(38)51-46(53-43)40-27-37(48(4,5)6)28-41(45(40)52)49(7,8)9;/h10-22,25-30,52H,23H2,1-9H3;/q-1;. The van der Waals surface area contributed by atoms with Gasteiger partial charge < -0.3 is 9.52 Å². The molecule has 0 bridgehead atoms. The summed E-state index contributed by atoms with van der Waals surface area (Å²) < 4.78 is 6.47. The van der Waals surface area contributed by atoms with Crippen LogP contribution in [0.15, 0.2) is 120 Å². The Balaban J connectivity index is 0.00000497. The molecule has 7 rings (SSSR count). The summed E-state index contributed by atoms with van der Waals surface area (Å²) in [6.07, 6.45) is 2.81. The molecule has 7 aromatic rings. The zero-order valence-electron chi connectivity index (χ0n) is 32.7. The zero-order valence-corrected chi connectivity index (χ0v) is 35.0. The smallest absolute Gasteiger partial charge is 0.230 e. The Morgan fingerprint density at radius 1 is 0.630 bits per heavy atom. The van der Waals surface area contributed by atoms with Crippen LogP contribution in [0.3, 0.4) is 0 Å². The monoisotopic (exact) mass is 892 g/mol. The summed E-state index contributed by atoms with van der Waals surface area (Å²) in [5.41, 5.74) is 12.9. The second-order valence-electron chi connectivity index (χ2n) is 17.3. The Kier molecular flexibility index (Phi) is 10.7. The molecule has 54 heavy (non-hydrogen) atoms. The number of pyridine rings is 1. The number of benzene rings is 5. The van der Waals surface area contributed by atoms with Gasteiger partial charge in [-0.1, -0.05) is 158 Å². The van der Waals surface area contributed by atoms with Gasteiger partial charge in [-0.3, -0.25) is 4.98 Å². The van der Waals surface area contributed by atoms with Gasteiger partial charge in [-0.15, -0.1) is 29.3 Å². The molecular weight excluding hydrogens is 844 g/mol. The van der Waals surface area contributed by atoms with Crippen molar-refractivity contribution in [2.45, 2.75) is 85.0 Å². The van der Waals surface area contributed by atoms with Gasteiger partial charge in [0.05, 0.1) is 11.1 Å². The van der Waals surface area contributed by atoms with Crippen LogP contribution in [-0.2, 0) is 43.7 Å². The van der Waals surface area contributed by atoms with Crippen molar-refractivity contribution in [1.82, 2.24) is 9.97 Å². The van der Waals surface area contributed by atoms with Gasteiger partial charge in [-0.05, 0) is 62.6 Å². The van der Waals surface area contributed by atoms with Gasteiger partial charge in [-0.25, -0.2) is 4.98 Å². The molecule has 278 valence electrons.